The quantitative estimate of drug-likeness (QED) is 0.585. The van der Waals surface area contributed by atoms with Crippen LogP contribution in [-0.4, -0.2) is 44.7 Å². The van der Waals surface area contributed by atoms with Crippen LogP contribution in [0.2, 0.25) is 0 Å². The Balaban J connectivity index is 1.60. The van der Waals surface area contributed by atoms with E-state index >= 15 is 0 Å². The van der Waals surface area contributed by atoms with Crippen LogP contribution in [0.25, 0.3) is 11.8 Å². The zero-order valence-electron chi connectivity index (χ0n) is 17.7. The maximum atomic E-state index is 13.3. The maximum absolute atomic E-state index is 13.3. The second kappa shape index (κ2) is 8.67. The molecule has 1 saturated heterocycles. The summed E-state index contributed by atoms with van der Waals surface area (Å²) in [5, 5.41) is 11.6. The molecule has 7 nitrogen and oxygen atoms in total. The van der Waals surface area contributed by atoms with E-state index in [1.807, 2.05) is 43.0 Å². The molecule has 1 fully saturated rings. The summed E-state index contributed by atoms with van der Waals surface area (Å²) in [5.41, 5.74) is 3.26. The minimum atomic E-state index is -0.282. The summed E-state index contributed by atoms with van der Waals surface area (Å²) in [6.07, 6.45) is 3.49. The Labute approximate surface area is 180 Å². The third kappa shape index (κ3) is 4.19. The van der Waals surface area contributed by atoms with Crippen LogP contribution in [0.5, 0.6) is 5.75 Å². The smallest absolute Gasteiger partial charge is 0.250 e. The fourth-order valence-corrected chi connectivity index (χ4v) is 3.87. The van der Waals surface area contributed by atoms with Crippen molar-refractivity contribution in [3.8, 4) is 11.4 Å². The molecule has 1 aliphatic rings. The van der Waals surface area contributed by atoms with Gasteiger partial charge < -0.3 is 9.64 Å². The van der Waals surface area contributed by atoms with Crippen molar-refractivity contribution in [3.05, 3.63) is 70.8 Å². The molecular weight excluding hydrogens is 397 g/mol. The molecule has 160 valence electrons. The van der Waals surface area contributed by atoms with Gasteiger partial charge in [0, 0.05) is 12.1 Å². The molecule has 2 heterocycles. The molecular formula is C23H24FN5O2. The number of likely N-dealkylation sites (tertiary alicyclic amines) is 1. The number of halogens is 1. The predicted octanol–water partition coefficient (Wildman–Crippen LogP) is 3.89. The number of hydrogen-bond acceptors (Lipinski definition) is 5. The minimum Gasteiger partial charge on any atom is -0.494 e. The highest BCUT2D eigenvalue weighted by atomic mass is 19.1. The fraction of sp³-hybridized carbons (Fsp3) is 0.304. The summed E-state index contributed by atoms with van der Waals surface area (Å²) in [4.78, 5) is 15.0. The van der Waals surface area contributed by atoms with E-state index in [1.165, 1.54) is 12.1 Å². The van der Waals surface area contributed by atoms with Gasteiger partial charge in [-0.3, -0.25) is 4.79 Å². The Hall–Kier alpha value is -3.55. The fourth-order valence-electron chi connectivity index (χ4n) is 3.87. The third-order valence-corrected chi connectivity index (χ3v) is 5.60. The number of ether oxygens (including phenoxy) is 1. The highest BCUT2D eigenvalue weighted by Crippen LogP contribution is 2.30. The summed E-state index contributed by atoms with van der Waals surface area (Å²) in [6.45, 7) is 4.46. The van der Waals surface area contributed by atoms with E-state index in [4.69, 9.17) is 4.74 Å². The lowest BCUT2D eigenvalue weighted by Crippen LogP contribution is -2.38. The first-order chi connectivity index (χ1) is 15.0. The molecule has 8 heteroatoms. The van der Waals surface area contributed by atoms with Crippen molar-refractivity contribution in [2.45, 2.75) is 32.7 Å². The van der Waals surface area contributed by atoms with E-state index in [9.17, 15) is 9.18 Å². The molecule has 0 N–H and O–H groups in total. The topological polar surface area (TPSA) is 73.1 Å². The van der Waals surface area contributed by atoms with Gasteiger partial charge >= 0.3 is 0 Å². The average molecular weight is 421 g/mol. The lowest BCUT2D eigenvalue weighted by atomic mass is 9.97. The largest absolute Gasteiger partial charge is 0.494 e. The molecule has 1 amide bonds. The number of tetrazole rings is 1. The number of nitrogens with zero attached hydrogens (tertiary/aromatic N) is 5. The number of hydrogen-bond donors (Lipinski definition) is 0. The van der Waals surface area contributed by atoms with Crippen LogP contribution in [0.15, 0.2) is 48.0 Å². The third-order valence-electron chi connectivity index (χ3n) is 5.60. The summed E-state index contributed by atoms with van der Waals surface area (Å²) in [5.74, 6) is 0.986. The van der Waals surface area contributed by atoms with E-state index in [0.29, 0.717) is 24.5 Å². The maximum Gasteiger partial charge on any atom is 0.250 e. The van der Waals surface area contributed by atoms with Crippen molar-refractivity contribution in [3.63, 3.8) is 0 Å². The zero-order chi connectivity index (χ0) is 22.0. The molecule has 1 atom stereocenters. The molecule has 31 heavy (non-hydrogen) atoms. The number of benzene rings is 2. The van der Waals surface area contributed by atoms with E-state index in [1.54, 1.807) is 23.9 Å². The van der Waals surface area contributed by atoms with Gasteiger partial charge in [-0.2, -0.15) is 4.68 Å². The van der Waals surface area contributed by atoms with E-state index in [0.717, 1.165) is 28.8 Å². The number of amides is 1. The Bertz CT molecular complexity index is 1120. The van der Waals surface area contributed by atoms with Gasteiger partial charge in [0.1, 0.15) is 17.3 Å². The van der Waals surface area contributed by atoms with Crippen LogP contribution < -0.4 is 4.74 Å². The Kier molecular flexibility index (Phi) is 5.79. The van der Waals surface area contributed by atoms with Crippen molar-refractivity contribution in [2.24, 2.45) is 0 Å². The Morgan fingerprint density at radius 2 is 1.97 bits per heavy atom. The number of aromatic nitrogens is 4. The molecule has 2 aromatic carbocycles. The predicted molar refractivity (Wildman–Crippen MR) is 114 cm³/mol. The normalized spacial score (nSPS) is 16.6. The average Bonchev–Trinajstić information content (AvgIpc) is 3.20. The monoisotopic (exact) mass is 421 g/mol. The zero-order valence-corrected chi connectivity index (χ0v) is 17.7. The summed E-state index contributed by atoms with van der Waals surface area (Å²) < 4.78 is 20.4. The van der Waals surface area contributed by atoms with E-state index < -0.39 is 0 Å². The highest BCUT2D eigenvalue weighted by molar-refractivity contribution is 5.98. The van der Waals surface area contributed by atoms with Crippen molar-refractivity contribution in [1.29, 1.82) is 0 Å². The van der Waals surface area contributed by atoms with E-state index in [-0.39, 0.29) is 17.8 Å². The number of aryl methyl sites for hydroxylation is 1. The molecule has 0 spiro atoms. The Morgan fingerprint density at radius 1 is 1.19 bits per heavy atom. The van der Waals surface area contributed by atoms with Crippen LogP contribution in [0.4, 0.5) is 4.39 Å². The summed E-state index contributed by atoms with van der Waals surface area (Å²) in [6, 6.07) is 11.9. The molecule has 1 aliphatic heterocycles. The van der Waals surface area contributed by atoms with E-state index in [2.05, 4.69) is 15.5 Å². The lowest BCUT2D eigenvalue weighted by Gasteiger charge is -2.34. The first-order valence-corrected chi connectivity index (χ1v) is 10.2. The van der Waals surface area contributed by atoms with Crippen LogP contribution in [-0.2, 0) is 4.79 Å². The van der Waals surface area contributed by atoms with Gasteiger partial charge in [0.05, 0.1) is 13.2 Å². The molecule has 0 aliphatic carbocycles. The molecule has 0 unspecified atom stereocenters. The van der Waals surface area contributed by atoms with Crippen LogP contribution >= 0.6 is 0 Å². The second-order valence-corrected chi connectivity index (χ2v) is 7.57. The SMILES string of the molecule is COc1cc(C=C2CCCN([C@@H](C)c3ccc(F)cc3)C2=O)ccc1-n1nnnc1C. The van der Waals surface area contributed by atoms with Crippen molar-refractivity contribution in [2.75, 3.05) is 13.7 Å². The molecule has 3 aromatic rings. The standard InChI is InChI=1S/C23H24FN5O2/c1-15(18-7-9-20(24)10-8-18)28-12-4-5-19(23(28)30)13-17-6-11-21(22(14-17)31-3)29-16(2)25-26-27-29/h6-11,13-15H,4-5,12H2,1-3H3/t15-/m0/s1. The van der Waals surface area contributed by atoms with Gasteiger partial charge in [-0.15, -0.1) is 5.10 Å². The van der Waals surface area contributed by atoms with Crippen LogP contribution in [0.1, 0.15) is 42.8 Å². The highest BCUT2D eigenvalue weighted by Gasteiger charge is 2.28. The number of methoxy groups -OCH3 is 1. The first-order valence-electron chi connectivity index (χ1n) is 10.2. The molecule has 0 radical (unpaired) electrons. The summed E-state index contributed by atoms with van der Waals surface area (Å²) >= 11 is 0. The van der Waals surface area contributed by atoms with Gasteiger partial charge in [-0.25, -0.2) is 4.39 Å². The van der Waals surface area contributed by atoms with Crippen molar-refractivity contribution in [1.82, 2.24) is 25.1 Å². The van der Waals surface area contributed by atoms with Crippen molar-refractivity contribution < 1.29 is 13.9 Å². The van der Waals surface area contributed by atoms with Gasteiger partial charge in [-0.1, -0.05) is 18.2 Å². The van der Waals surface area contributed by atoms with Crippen LogP contribution in [0, 0.1) is 12.7 Å². The van der Waals surface area contributed by atoms with Gasteiger partial charge in [-0.05, 0) is 78.6 Å². The number of piperidine rings is 1. The molecule has 4 rings (SSSR count). The minimum absolute atomic E-state index is 0.00226. The van der Waals surface area contributed by atoms with Gasteiger partial charge in [0.2, 0.25) is 5.91 Å². The first kappa shape index (κ1) is 20.7. The Morgan fingerprint density at radius 3 is 2.65 bits per heavy atom. The molecule has 1 aromatic heterocycles. The summed E-state index contributed by atoms with van der Waals surface area (Å²) in [7, 11) is 1.59. The number of carbonyl (C=O) groups is 1. The molecule has 0 bridgehead atoms. The van der Waals surface area contributed by atoms with Crippen molar-refractivity contribution >= 4 is 12.0 Å². The van der Waals surface area contributed by atoms with Gasteiger partial charge in [0.15, 0.2) is 5.82 Å². The number of rotatable bonds is 5. The second-order valence-electron chi connectivity index (χ2n) is 7.57. The molecule has 0 saturated carbocycles. The van der Waals surface area contributed by atoms with Crippen LogP contribution in [0.3, 0.4) is 0 Å². The van der Waals surface area contributed by atoms with Gasteiger partial charge in [0.25, 0.3) is 0 Å². The number of carbonyl (C=O) groups excluding carboxylic acids is 1. The lowest BCUT2D eigenvalue weighted by molar-refractivity contribution is -0.130.